The molecule has 26 heavy (non-hydrogen) atoms. The van der Waals surface area contributed by atoms with E-state index in [1.165, 1.54) is 18.3 Å². The Morgan fingerprint density at radius 2 is 1.92 bits per heavy atom. The van der Waals surface area contributed by atoms with E-state index in [-0.39, 0.29) is 4.90 Å². The summed E-state index contributed by atoms with van der Waals surface area (Å²) in [7, 11) is -2.13. The lowest BCUT2D eigenvalue weighted by atomic mass is 10.3. The number of nitrogens with zero attached hydrogens (tertiary/aromatic N) is 3. The predicted octanol–water partition coefficient (Wildman–Crippen LogP) is 2.09. The van der Waals surface area contributed by atoms with Gasteiger partial charge in [-0.15, -0.1) is 0 Å². The average Bonchev–Trinajstić information content (AvgIpc) is 3.17. The molecule has 0 atom stereocenters. The van der Waals surface area contributed by atoms with Crippen molar-refractivity contribution in [2.24, 2.45) is 0 Å². The Kier molecular flexibility index (Phi) is 5.49. The number of ether oxygens (including phenoxy) is 2. The lowest BCUT2D eigenvalue weighted by Gasteiger charge is -2.10. The maximum Gasteiger partial charge on any atom is 0.261 e. The van der Waals surface area contributed by atoms with Crippen molar-refractivity contribution in [2.45, 2.75) is 4.90 Å². The van der Waals surface area contributed by atoms with E-state index in [9.17, 15) is 8.42 Å². The minimum atomic E-state index is -3.71. The van der Waals surface area contributed by atoms with Gasteiger partial charge in [-0.2, -0.15) is 5.10 Å². The highest BCUT2D eigenvalue weighted by Crippen LogP contribution is 2.19. The van der Waals surface area contributed by atoms with Crippen molar-refractivity contribution in [2.75, 3.05) is 25.0 Å². The number of rotatable bonds is 8. The minimum Gasteiger partial charge on any atom is -0.491 e. The fourth-order valence-electron chi connectivity index (χ4n) is 2.16. The fourth-order valence-corrected chi connectivity index (χ4v) is 3.20. The van der Waals surface area contributed by atoms with Gasteiger partial charge in [-0.05, 0) is 42.5 Å². The lowest BCUT2D eigenvalue weighted by molar-refractivity contribution is 0.146. The van der Waals surface area contributed by atoms with Crippen molar-refractivity contribution < 1.29 is 17.9 Å². The number of benzene rings is 1. The topological polar surface area (TPSA) is 95.3 Å². The van der Waals surface area contributed by atoms with Crippen LogP contribution in [0.15, 0.2) is 66.0 Å². The van der Waals surface area contributed by atoms with E-state index >= 15 is 0 Å². The Morgan fingerprint density at radius 3 is 2.54 bits per heavy atom. The summed E-state index contributed by atoms with van der Waals surface area (Å²) < 4.78 is 39.3. The highest BCUT2D eigenvalue weighted by molar-refractivity contribution is 7.92. The SMILES string of the molecule is COCCOc1ccc(S(=O)(=O)Nc2ccc(-n3cccn3)nc2)cc1. The summed E-state index contributed by atoms with van der Waals surface area (Å²) in [6.07, 6.45) is 4.83. The molecule has 2 heterocycles. The molecule has 0 unspecified atom stereocenters. The molecule has 0 aliphatic carbocycles. The fraction of sp³-hybridized carbons (Fsp3) is 0.176. The number of methoxy groups -OCH3 is 1. The minimum absolute atomic E-state index is 0.132. The van der Waals surface area contributed by atoms with Gasteiger partial charge in [-0.3, -0.25) is 4.72 Å². The first kappa shape index (κ1) is 17.9. The second-order valence-corrected chi connectivity index (χ2v) is 6.96. The molecule has 8 nitrogen and oxygen atoms in total. The third-order valence-electron chi connectivity index (χ3n) is 3.43. The first-order chi connectivity index (χ1) is 12.6. The molecular weight excluding hydrogens is 356 g/mol. The first-order valence-corrected chi connectivity index (χ1v) is 9.27. The second kappa shape index (κ2) is 7.98. The number of pyridine rings is 1. The molecule has 2 aromatic heterocycles. The van der Waals surface area contributed by atoms with Gasteiger partial charge in [0.15, 0.2) is 5.82 Å². The Morgan fingerprint density at radius 1 is 1.12 bits per heavy atom. The summed E-state index contributed by atoms with van der Waals surface area (Å²) in [5, 5.41) is 4.07. The molecule has 3 rings (SSSR count). The van der Waals surface area contributed by atoms with Crippen molar-refractivity contribution >= 4 is 15.7 Å². The van der Waals surface area contributed by atoms with Gasteiger partial charge < -0.3 is 9.47 Å². The largest absolute Gasteiger partial charge is 0.491 e. The monoisotopic (exact) mass is 374 g/mol. The molecule has 3 aromatic rings. The Hall–Kier alpha value is -2.91. The van der Waals surface area contributed by atoms with Gasteiger partial charge >= 0.3 is 0 Å². The predicted molar refractivity (Wildman–Crippen MR) is 96.0 cm³/mol. The number of hydrogen-bond donors (Lipinski definition) is 1. The Balaban J connectivity index is 1.68. The summed E-state index contributed by atoms with van der Waals surface area (Å²) >= 11 is 0. The van der Waals surface area contributed by atoms with Crippen molar-refractivity contribution in [3.05, 3.63) is 61.1 Å². The van der Waals surface area contributed by atoms with Gasteiger partial charge in [0.25, 0.3) is 10.0 Å². The second-order valence-electron chi connectivity index (χ2n) is 5.27. The third-order valence-corrected chi connectivity index (χ3v) is 4.83. The molecule has 9 heteroatoms. The van der Waals surface area contributed by atoms with Crippen LogP contribution in [0, 0.1) is 0 Å². The highest BCUT2D eigenvalue weighted by Gasteiger charge is 2.14. The van der Waals surface area contributed by atoms with E-state index in [0.717, 1.165) is 0 Å². The van der Waals surface area contributed by atoms with E-state index in [0.29, 0.717) is 30.5 Å². The molecule has 0 radical (unpaired) electrons. The van der Waals surface area contributed by atoms with E-state index in [2.05, 4.69) is 14.8 Å². The highest BCUT2D eigenvalue weighted by atomic mass is 32.2. The molecule has 1 N–H and O–H groups in total. The van der Waals surface area contributed by atoms with Crippen LogP contribution in [0.1, 0.15) is 0 Å². The van der Waals surface area contributed by atoms with Crippen LogP contribution in [0.25, 0.3) is 5.82 Å². The molecule has 0 spiro atoms. The van der Waals surface area contributed by atoms with Crippen molar-refractivity contribution in [1.29, 1.82) is 0 Å². The normalized spacial score (nSPS) is 11.3. The van der Waals surface area contributed by atoms with Gasteiger partial charge in [0.2, 0.25) is 0 Å². The number of sulfonamides is 1. The summed E-state index contributed by atoms with van der Waals surface area (Å²) in [6, 6.07) is 11.3. The van der Waals surface area contributed by atoms with Crippen LogP contribution in [0.5, 0.6) is 5.75 Å². The summed E-state index contributed by atoms with van der Waals surface area (Å²) in [6.45, 7) is 0.859. The molecule has 0 saturated heterocycles. The van der Waals surface area contributed by atoms with E-state index in [1.54, 1.807) is 54.5 Å². The molecular formula is C17H18N4O4S. The van der Waals surface area contributed by atoms with Gasteiger partial charge in [0, 0.05) is 19.5 Å². The maximum atomic E-state index is 12.5. The number of anilines is 1. The van der Waals surface area contributed by atoms with Crippen LogP contribution in [0.3, 0.4) is 0 Å². The van der Waals surface area contributed by atoms with Crippen molar-refractivity contribution in [1.82, 2.24) is 14.8 Å². The number of nitrogens with one attached hydrogen (secondary N) is 1. The Labute approximate surface area is 151 Å². The van der Waals surface area contributed by atoms with E-state index < -0.39 is 10.0 Å². The van der Waals surface area contributed by atoms with Gasteiger partial charge in [-0.25, -0.2) is 18.1 Å². The quantitative estimate of drug-likeness (QED) is 0.607. The lowest BCUT2D eigenvalue weighted by Crippen LogP contribution is -2.13. The molecule has 0 aliphatic heterocycles. The van der Waals surface area contributed by atoms with E-state index in [1.807, 2.05) is 0 Å². The molecule has 0 saturated carbocycles. The number of aromatic nitrogens is 3. The molecule has 0 aliphatic rings. The number of hydrogen-bond acceptors (Lipinski definition) is 6. The molecule has 0 amide bonds. The molecule has 0 bridgehead atoms. The van der Waals surface area contributed by atoms with Crippen molar-refractivity contribution in [3.8, 4) is 11.6 Å². The van der Waals surface area contributed by atoms with Gasteiger partial charge in [0.1, 0.15) is 12.4 Å². The first-order valence-electron chi connectivity index (χ1n) is 7.79. The Bertz CT molecular complexity index is 924. The van der Waals surface area contributed by atoms with Crippen LogP contribution in [-0.2, 0) is 14.8 Å². The molecule has 0 fully saturated rings. The smallest absolute Gasteiger partial charge is 0.261 e. The van der Waals surface area contributed by atoms with Gasteiger partial charge in [0.05, 0.1) is 23.4 Å². The standard InChI is InChI=1S/C17H18N4O4S/c1-24-11-12-25-15-4-6-16(7-5-15)26(22,23)20-14-3-8-17(18-13-14)21-10-2-9-19-21/h2-10,13,20H,11-12H2,1H3. The summed E-state index contributed by atoms with van der Waals surface area (Å²) in [4.78, 5) is 4.33. The van der Waals surface area contributed by atoms with E-state index in [4.69, 9.17) is 9.47 Å². The summed E-state index contributed by atoms with van der Waals surface area (Å²) in [5.41, 5.74) is 0.362. The maximum absolute atomic E-state index is 12.5. The van der Waals surface area contributed by atoms with Crippen LogP contribution in [-0.4, -0.2) is 43.5 Å². The zero-order valence-corrected chi connectivity index (χ0v) is 14.9. The van der Waals surface area contributed by atoms with Crippen LogP contribution < -0.4 is 9.46 Å². The van der Waals surface area contributed by atoms with Gasteiger partial charge in [-0.1, -0.05) is 0 Å². The zero-order valence-electron chi connectivity index (χ0n) is 14.1. The summed E-state index contributed by atoms with van der Waals surface area (Å²) in [5.74, 6) is 1.17. The zero-order chi connectivity index (χ0) is 18.4. The molecule has 1 aromatic carbocycles. The van der Waals surface area contributed by atoms with Crippen LogP contribution in [0.4, 0.5) is 5.69 Å². The van der Waals surface area contributed by atoms with Crippen LogP contribution >= 0.6 is 0 Å². The molecule has 136 valence electrons. The van der Waals surface area contributed by atoms with Crippen LogP contribution in [0.2, 0.25) is 0 Å². The average molecular weight is 374 g/mol. The third kappa shape index (κ3) is 4.38. The van der Waals surface area contributed by atoms with Crippen molar-refractivity contribution in [3.63, 3.8) is 0 Å².